The first-order valence-corrected chi connectivity index (χ1v) is 10.5. The molecule has 3 aliphatic heterocycles. The number of hydrogen-bond donors (Lipinski definition) is 2. The fourth-order valence-electron chi connectivity index (χ4n) is 4.61. The van der Waals surface area contributed by atoms with E-state index < -0.39 is 6.29 Å². The summed E-state index contributed by atoms with van der Waals surface area (Å²) in [6, 6.07) is 8.00. The first-order chi connectivity index (χ1) is 13.6. The number of dihydropyridines is 1. The molecular formula is C21H25ClN4O2. The Bertz CT molecular complexity index is 883. The van der Waals surface area contributed by atoms with Crippen molar-refractivity contribution in [2.24, 2.45) is 4.99 Å². The van der Waals surface area contributed by atoms with E-state index in [2.05, 4.69) is 21.0 Å². The van der Waals surface area contributed by atoms with Crippen LogP contribution in [0, 0.1) is 0 Å². The number of nitrogens with zero attached hydrogens (tertiary/aromatic N) is 3. The number of fused-ring (bicyclic) bond motifs is 1. The molecule has 2 saturated heterocycles. The predicted molar refractivity (Wildman–Crippen MR) is 110 cm³/mol. The maximum Gasteiger partial charge on any atom is 0.155 e. The molecule has 4 heterocycles. The third-order valence-corrected chi connectivity index (χ3v) is 6.56. The van der Waals surface area contributed by atoms with E-state index in [1.165, 1.54) is 0 Å². The summed E-state index contributed by atoms with van der Waals surface area (Å²) in [5.74, 6) is 0.810. The van der Waals surface area contributed by atoms with Gasteiger partial charge in [0.2, 0.25) is 0 Å². The second-order valence-electron chi connectivity index (χ2n) is 8.02. The number of hydrogen-bond acceptors (Lipinski definition) is 5. The number of imidazole rings is 1. The summed E-state index contributed by atoms with van der Waals surface area (Å²) in [5, 5.41) is 9.61. The number of aromatic amines is 1. The standard InChI is InChI=1S/C21H25ClN4O2/c22-15-13-23-18(12-14(15)20-24-16-4-1-2-5-17(16)25-20)26-10-8-21(9-11-26)7-3-6-19(27)28-21/h1-2,4-5,12-13,15,18-19,27H,3,6-11H2,(H,24,25). The number of halogens is 1. The summed E-state index contributed by atoms with van der Waals surface area (Å²) in [4.78, 5) is 15.1. The van der Waals surface area contributed by atoms with Crippen molar-refractivity contribution in [2.75, 3.05) is 13.1 Å². The minimum atomic E-state index is -0.607. The van der Waals surface area contributed by atoms with Gasteiger partial charge in [-0.2, -0.15) is 0 Å². The lowest BCUT2D eigenvalue weighted by atomic mass is 9.84. The zero-order valence-electron chi connectivity index (χ0n) is 15.7. The van der Waals surface area contributed by atoms with Gasteiger partial charge in [-0.3, -0.25) is 9.89 Å². The van der Waals surface area contributed by atoms with Crippen molar-refractivity contribution in [3.8, 4) is 0 Å². The van der Waals surface area contributed by atoms with Gasteiger partial charge >= 0.3 is 0 Å². The number of aliphatic hydroxyl groups excluding tert-OH is 1. The molecule has 28 heavy (non-hydrogen) atoms. The number of aliphatic hydroxyl groups is 1. The molecule has 1 aromatic carbocycles. The van der Waals surface area contributed by atoms with Crippen LogP contribution in [-0.4, -0.2) is 62.7 Å². The van der Waals surface area contributed by atoms with Crippen molar-refractivity contribution in [1.29, 1.82) is 0 Å². The Morgan fingerprint density at radius 3 is 2.82 bits per heavy atom. The van der Waals surface area contributed by atoms with Crippen molar-refractivity contribution in [1.82, 2.24) is 14.9 Å². The smallest absolute Gasteiger partial charge is 0.155 e. The maximum atomic E-state index is 9.90. The van der Waals surface area contributed by atoms with Crippen LogP contribution in [0.4, 0.5) is 0 Å². The topological polar surface area (TPSA) is 73.7 Å². The predicted octanol–water partition coefficient (Wildman–Crippen LogP) is 3.32. The highest BCUT2D eigenvalue weighted by Crippen LogP contribution is 2.38. The Hall–Kier alpha value is -1.73. The molecule has 0 bridgehead atoms. The van der Waals surface area contributed by atoms with Gasteiger partial charge in [-0.15, -0.1) is 11.6 Å². The molecule has 7 heteroatoms. The van der Waals surface area contributed by atoms with Crippen LogP contribution >= 0.6 is 11.6 Å². The van der Waals surface area contributed by atoms with Crippen molar-refractivity contribution in [2.45, 2.75) is 55.5 Å². The molecular weight excluding hydrogens is 376 g/mol. The van der Waals surface area contributed by atoms with Crippen LogP contribution in [0.3, 0.4) is 0 Å². The minimum Gasteiger partial charge on any atom is -0.368 e. The lowest BCUT2D eigenvalue weighted by Crippen LogP contribution is -2.51. The normalized spacial score (nSPS) is 30.6. The Kier molecular flexibility index (Phi) is 4.75. The van der Waals surface area contributed by atoms with Crippen LogP contribution in [0.15, 0.2) is 35.3 Å². The number of ether oxygens (including phenoxy) is 1. The summed E-state index contributed by atoms with van der Waals surface area (Å²) < 4.78 is 5.93. The monoisotopic (exact) mass is 400 g/mol. The average molecular weight is 401 g/mol. The molecule has 2 aromatic rings. The highest BCUT2D eigenvalue weighted by atomic mass is 35.5. The van der Waals surface area contributed by atoms with E-state index in [-0.39, 0.29) is 17.1 Å². The van der Waals surface area contributed by atoms with Gasteiger partial charge in [-0.25, -0.2) is 4.98 Å². The number of allylic oxidation sites excluding steroid dienone is 1. The van der Waals surface area contributed by atoms with Crippen molar-refractivity contribution in [3.63, 3.8) is 0 Å². The largest absolute Gasteiger partial charge is 0.368 e. The van der Waals surface area contributed by atoms with Crippen LogP contribution in [0.2, 0.25) is 0 Å². The van der Waals surface area contributed by atoms with Gasteiger partial charge < -0.3 is 14.8 Å². The number of H-pyrrole nitrogens is 1. The van der Waals surface area contributed by atoms with Gasteiger partial charge in [-0.05, 0) is 50.3 Å². The summed E-state index contributed by atoms with van der Waals surface area (Å²) in [5.41, 5.74) is 2.76. The number of alkyl halides is 1. The number of piperidine rings is 1. The van der Waals surface area contributed by atoms with E-state index in [0.717, 1.165) is 67.6 Å². The Morgan fingerprint density at radius 2 is 2.04 bits per heavy atom. The van der Waals surface area contributed by atoms with Gasteiger partial charge in [0.25, 0.3) is 0 Å². The molecule has 6 nitrogen and oxygen atoms in total. The number of aliphatic imine (C=N–C) groups is 1. The molecule has 3 atom stereocenters. The van der Waals surface area contributed by atoms with Gasteiger partial charge in [0, 0.05) is 24.9 Å². The van der Waals surface area contributed by atoms with E-state index in [1.807, 2.05) is 30.5 Å². The first-order valence-electron chi connectivity index (χ1n) is 10.1. The SMILES string of the molecule is OC1CCCC2(CCN(C3C=C(c4nc5ccccc5[nH]4)C(Cl)C=N3)CC2)O1. The molecule has 0 radical (unpaired) electrons. The summed E-state index contributed by atoms with van der Waals surface area (Å²) in [6.07, 6.45) is 7.97. The molecule has 3 unspecified atom stereocenters. The lowest BCUT2D eigenvalue weighted by Gasteiger charge is -2.46. The van der Waals surface area contributed by atoms with Gasteiger partial charge in [-0.1, -0.05) is 12.1 Å². The zero-order chi connectivity index (χ0) is 19.1. The van der Waals surface area contributed by atoms with Gasteiger partial charge in [0.05, 0.1) is 22.0 Å². The van der Waals surface area contributed by atoms with Crippen molar-refractivity contribution >= 4 is 34.4 Å². The molecule has 5 rings (SSSR count). The third-order valence-electron chi connectivity index (χ3n) is 6.21. The van der Waals surface area contributed by atoms with E-state index in [0.29, 0.717) is 0 Å². The lowest BCUT2D eigenvalue weighted by molar-refractivity contribution is -0.227. The van der Waals surface area contributed by atoms with Crippen molar-refractivity contribution < 1.29 is 9.84 Å². The number of aromatic nitrogens is 2. The Labute approximate surface area is 169 Å². The molecule has 1 spiro atoms. The van der Waals surface area contributed by atoms with Crippen LogP contribution < -0.4 is 0 Å². The third kappa shape index (κ3) is 3.39. The molecule has 2 N–H and O–H groups in total. The summed E-state index contributed by atoms with van der Waals surface area (Å²) in [7, 11) is 0. The Balaban J connectivity index is 1.34. The number of likely N-dealkylation sites (tertiary alicyclic amines) is 1. The van der Waals surface area contributed by atoms with E-state index in [1.54, 1.807) is 0 Å². The number of para-hydroxylation sites is 2. The molecule has 1 aromatic heterocycles. The second kappa shape index (κ2) is 7.26. The molecule has 0 saturated carbocycles. The van der Waals surface area contributed by atoms with E-state index >= 15 is 0 Å². The fraction of sp³-hybridized carbons (Fsp3) is 0.524. The van der Waals surface area contributed by atoms with Gasteiger partial charge in [0.1, 0.15) is 12.0 Å². The average Bonchev–Trinajstić information content (AvgIpc) is 3.13. The molecule has 0 aliphatic carbocycles. The fourth-order valence-corrected chi connectivity index (χ4v) is 4.85. The summed E-state index contributed by atoms with van der Waals surface area (Å²) in [6.45, 7) is 1.79. The zero-order valence-corrected chi connectivity index (χ0v) is 16.5. The molecule has 148 valence electrons. The molecule has 3 aliphatic rings. The van der Waals surface area contributed by atoms with Crippen LogP contribution in [0.5, 0.6) is 0 Å². The van der Waals surface area contributed by atoms with Crippen LogP contribution in [0.25, 0.3) is 16.6 Å². The number of rotatable bonds is 2. The van der Waals surface area contributed by atoms with E-state index in [4.69, 9.17) is 21.3 Å². The summed E-state index contributed by atoms with van der Waals surface area (Å²) >= 11 is 6.54. The quantitative estimate of drug-likeness (QED) is 0.758. The Morgan fingerprint density at radius 1 is 1.21 bits per heavy atom. The molecule has 0 amide bonds. The minimum absolute atomic E-state index is 0.0379. The van der Waals surface area contributed by atoms with E-state index in [9.17, 15) is 5.11 Å². The number of nitrogens with one attached hydrogen (secondary N) is 1. The van der Waals surface area contributed by atoms with Gasteiger partial charge in [0.15, 0.2) is 6.29 Å². The first kappa shape index (κ1) is 18.3. The van der Waals surface area contributed by atoms with Crippen LogP contribution in [-0.2, 0) is 4.74 Å². The van der Waals surface area contributed by atoms with Crippen LogP contribution in [0.1, 0.15) is 37.9 Å². The molecule has 2 fully saturated rings. The maximum absolute atomic E-state index is 9.90. The highest BCUT2D eigenvalue weighted by Gasteiger charge is 2.41. The second-order valence-corrected chi connectivity index (χ2v) is 8.49. The highest BCUT2D eigenvalue weighted by molar-refractivity contribution is 6.34. The number of benzene rings is 1. The van der Waals surface area contributed by atoms with Crippen molar-refractivity contribution in [3.05, 3.63) is 36.2 Å².